The maximum atomic E-state index is 13.8. The second kappa shape index (κ2) is 30.9. The van der Waals surface area contributed by atoms with Gasteiger partial charge >= 0.3 is 30.0 Å². The molecule has 0 spiro atoms. The molecule has 1 unspecified atom stereocenters. The van der Waals surface area contributed by atoms with Gasteiger partial charge in [-0.3, -0.25) is 53.4 Å². The summed E-state index contributed by atoms with van der Waals surface area (Å²) in [7, 11) is 0. The van der Waals surface area contributed by atoms with Crippen molar-refractivity contribution >= 4 is 93.4 Å². The number of nitrogens with zero attached hydrogens (tertiary/aromatic N) is 6. The van der Waals surface area contributed by atoms with E-state index in [4.69, 9.17) is 21.6 Å². The molecular weight excluding hydrogens is 1320 g/mol. The van der Waals surface area contributed by atoms with E-state index in [1.165, 1.54) is 79.8 Å². The van der Waals surface area contributed by atoms with Crippen LogP contribution in [-0.2, 0) is 29.2 Å². The number of carbonyl (C=O) groups excluding carboxylic acids is 6. The van der Waals surface area contributed by atoms with Gasteiger partial charge in [-0.05, 0) is 141 Å². The van der Waals surface area contributed by atoms with E-state index in [0.29, 0.717) is 85.3 Å². The van der Waals surface area contributed by atoms with E-state index in [0.717, 1.165) is 39.6 Å². The van der Waals surface area contributed by atoms with Gasteiger partial charge in [0.15, 0.2) is 0 Å². The van der Waals surface area contributed by atoms with Gasteiger partial charge in [0.1, 0.15) is 22.6 Å². The standard InChI is InChI=1S/C26H19FN2O2.C24H23FN2O2.C19H12ClFN2O2.C5H11.CH4.BrH.Zn/c1-16(29-25(30)20-9-5-6-10-21(20)26(29)31)22-14-18-11-12-19(27)15-23(18)28-24(22)13-17-7-3-2-4-8-17;1-4-14(2)11-22-20(12-16-9-10-17(25)13-21(16)26-22)15(3)27-23(28)18-7-5-6-8-19(18)24(27)29;1-10(23-18(24)13-4-2-3-5-14(13)19(23)25)15-8-11-6-7-12(21)9-16(11)22-17(15)20;1-4-5(2)3;;;/h2-12,14-16H,13H2,1H3;5-10,12-15H,4,11H2,1-3H3;2-10H,1H3;4H2,1-3H3;1H4;1H;/q;;;-1;;;+2/p-1/t16-;14?,15-;10-;;;;/m000..../s1. The molecule has 0 N–H and O–H groups in total. The Bertz CT molecular complexity index is 4380. The predicted molar refractivity (Wildman–Crippen MR) is 359 cm³/mol. The summed E-state index contributed by atoms with van der Waals surface area (Å²) >= 11 is 10.5. The average Bonchev–Trinajstić information content (AvgIpc) is 1.69. The Labute approximate surface area is 561 Å². The predicted octanol–water partition coefficient (Wildman–Crippen LogP) is 18.5. The minimum atomic E-state index is -0.596. The van der Waals surface area contributed by atoms with Gasteiger partial charge in [-0.2, -0.15) is 20.3 Å². The summed E-state index contributed by atoms with van der Waals surface area (Å²) < 4.78 is 40.9. The second-order valence-corrected chi connectivity index (χ2v) is 23.3. The van der Waals surface area contributed by atoms with Crippen LogP contribution in [0.1, 0.15) is 190 Å². The molecule has 0 fully saturated rings. The van der Waals surface area contributed by atoms with Crippen LogP contribution < -0.4 is 0 Å². The molecule has 6 amide bonds. The molecule has 472 valence electrons. The third-order valence-corrected chi connectivity index (χ3v) is 17.0. The molecule has 3 aromatic heterocycles. The molecule has 12 nitrogen and oxygen atoms in total. The summed E-state index contributed by atoms with van der Waals surface area (Å²) in [6.45, 7) is 16.1. The molecule has 10 aromatic rings. The van der Waals surface area contributed by atoms with Gasteiger partial charge in [-0.15, -0.1) is 0 Å². The fraction of sp³-hybridized carbons (Fsp3) is 0.227. The topological polar surface area (TPSA) is 151 Å². The number of amides is 6. The van der Waals surface area contributed by atoms with Crippen LogP contribution in [0.3, 0.4) is 0 Å². The number of carbonyl (C=O) groups is 6. The summed E-state index contributed by atoms with van der Waals surface area (Å²) in [4.78, 5) is 94.7. The van der Waals surface area contributed by atoms with Gasteiger partial charge in [0.25, 0.3) is 35.4 Å². The van der Waals surface area contributed by atoms with E-state index in [-0.39, 0.29) is 59.7 Å². The first-order chi connectivity index (χ1) is 44.2. The zero-order chi connectivity index (χ0) is 66.2. The van der Waals surface area contributed by atoms with Crippen LogP contribution in [0, 0.1) is 29.3 Å². The molecule has 18 heteroatoms. The quantitative estimate of drug-likeness (QED) is 0.0504. The molecule has 93 heavy (non-hydrogen) atoms. The van der Waals surface area contributed by atoms with Crippen LogP contribution in [0.15, 0.2) is 176 Å². The molecule has 0 saturated carbocycles. The normalized spacial score (nSPS) is 14.2. The Kier molecular flexibility index (Phi) is 23.3. The van der Waals surface area contributed by atoms with Crippen LogP contribution in [0.4, 0.5) is 13.2 Å². The first-order valence-electron chi connectivity index (χ1n) is 30.1. The third-order valence-electron chi connectivity index (χ3n) is 16.7. The summed E-state index contributed by atoms with van der Waals surface area (Å²) in [5, 5.41) is 2.38. The molecule has 3 aliphatic rings. The van der Waals surface area contributed by atoms with Crippen LogP contribution >= 0.6 is 25.2 Å². The summed E-state index contributed by atoms with van der Waals surface area (Å²) in [6.07, 6.45) is 3.41. The van der Waals surface area contributed by atoms with E-state index >= 15 is 0 Å². The molecular formula is C75H69BrClF3N6O6Zn. The Balaban J connectivity index is 0.000000170. The Morgan fingerprint density at radius 2 is 0.753 bits per heavy atom. The number of hydrogen-bond donors (Lipinski definition) is 0. The molecule has 3 aliphatic heterocycles. The van der Waals surface area contributed by atoms with E-state index < -0.39 is 23.9 Å². The number of pyridine rings is 3. The summed E-state index contributed by atoms with van der Waals surface area (Å²) in [5.74, 6) is -1.11. The molecule has 0 saturated heterocycles. The van der Waals surface area contributed by atoms with Crippen molar-refractivity contribution in [3.8, 4) is 0 Å². The molecule has 7 aromatic carbocycles. The van der Waals surface area contributed by atoms with Crippen LogP contribution in [0.2, 0.25) is 5.15 Å². The van der Waals surface area contributed by atoms with E-state index in [1.54, 1.807) is 104 Å². The Morgan fingerprint density at radius 1 is 0.452 bits per heavy atom. The van der Waals surface area contributed by atoms with Crippen LogP contribution in [0.25, 0.3) is 32.7 Å². The Morgan fingerprint density at radius 3 is 1.10 bits per heavy atom. The average molecular weight is 1390 g/mol. The molecule has 4 atom stereocenters. The fourth-order valence-electron chi connectivity index (χ4n) is 11.2. The zero-order valence-corrected chi connectivity index (χ0v) is 57.4. The van der Waals surface area contributed by atoms with Crippen molar-refractivity contribution in [3.63, 3.8) is 0 Å². The van der Waals surface area contributed by atoms with Crippen molar-refractivity contribution in [2.45, 2.75) is 107 Å². The van der Waals surface area contributed by atoms with Gasteiger partial charge in [0.2, 0.25) is 0 Å². The number of halogens is 5. The zero-order valence-electron chi connectivity index (χ0n) is 52.1. The van der Waals surface area contributed by atoms with Gasteiger partial charge in [-0.25, -0.2) is 18.2 Å². The second-order valence-electron chi connectivity index (χ2n) is 23.0. The van der Waals surface area contributed by atoms with Crippen molar-refractivity contribution in [3.05, 3.63) is 271 Å². The first kappa shape index (κ1) is 70.2. The number of imide groups is 3. The van der Waals surface area contributed by atoms with Gasteiger partial charge in [0, 0.05) is 52.0 Å². The van der Waals surface area contributed by atoms with Gasteiger partial charge in [-0.1, -0.05) is 113 Å². The summed E-state index contributed by atoms with van der Waals surface area (Å²) in [6, 6.07) is 47.4. The molecule has 6 heterocycles. The van der Waals surface area contributed by atoms with Crippen molar-refractivity contribution in [1.29, 1.82) is 0 Å². The molecule has 13 rings (SSSR count). The number of fused-ring (bicyclic) bond motifs is 6. The number of benzene rings is 7. The van der Waals surface area contributed by atoms with Gasteiger partial charge in [0.05, 0.1) is 73.8 Å². The van der Waals surface area contributed by atoms with Crippen molar-refractivity contribution in [1.82, 2.24) is 29.7 Å². The Hall–Kier alpha value is -8.63. The van der Waals surface area contributed by atoms with Gasteiger partial charge < -0.3 is 5.92 Å². The minimum absolute atomic E-state index is 0. The van der Waals surface area contributed by atoms with E-state index in [1.807, 2.05) is 56.3 Å². The monoisotopic (exact) mass is 1380 g/mol. The van der Waals surface area contributed by atoms with Crippen molar-refractivity contribution in [2.24, 2.45) is 5.92 Å². The SMILES string of the molecule is C.CCC(C)Cc1nc2cc(F)ccc2cc1[C@H](C)N1C(=O)c2ccccc2C1=O.CC[C-](C)C.C[C@@H](c1cc2ccc(F)cc2nc1Cc1ccccc1)N1C(=O)c2ccccc2C1=O.C[C@@H](c1cc2ccc(F)cc2nc1Cl)N1C(=O)c2ccccc2C1=O.[Zn+][Br]. The first-order valence-corrected chi connectivity index (χ1v) is 37.4. The molecule has 0 bridgehead atoms. The number of hydrogen-bond acceptors (Lipinski definition) is 9. The summed E-state index contributed by atoms with van der Waals surface area (Å²) in [5.41, 5.74) is 8.72. The fourth-order valence-corrected chi connectivity index (χ4v) is 11.5. The van der Waals surface area contributed by atoms with Crippen LogP contribution in [0.5, 0.6) is 0 Å². The van der Waals surface area contributed by atoms with Crippen molar-refractivity contribution < 1.29 is 58.3 Å². The van der Waals surface area contributed by atoms with E-state index in [2.05, 4.69) is 53.2 Å². The molecule has 0 radical (unpaired) electrons. The van der Waals surface area contributed by atoms with Crippen molar-refractivity contribution in [2.75, 3.05) is 0 Å². The van der Waals surface area contributed by atoms with Crippen LogP contribution in [-0.4, -0.2) is 65.1 Å². The maximum absolute atomic E-state index is 13.8. The molecule has 0 aliphatic carbocycles. The number of rotatable bonds is 12. The van der Waals surface area contributed by atoms with E-state index in [9.17, 15) is 41.9 Å². The third kappa shape index (κ3) is 15.1. The number of aromatic nitrogens is 3.